The Morgan fingerprint density at radius 1 is 1.32 bits per heavy atom. The van der Waals surface area contributed by atoms with Crippen LogP contribution in [-0.2, 0) is 9.53 Å². The molecule has 0 bridgehead atoms. The third-order valence-corrected chi connectivity index (χ3v) is 4.68. The molecule has 2 N–H and O–H groups in total. The van der Waals surface area contributed by atoms with Crippen LogP contribution < -0.4 is 15.5 Å². The molecule has 9 nitrogen and oxygen atoms in total. The fourth-order valence-corrected chi connectivity index (χ4v) is 3.34. The average molecular weight is 388 g/mol. The van der Waals surface area contributed by atoms with Crippen LogP contribution in [0.4, 0.5) is 17.5 Å². The maximum atomic E-state index is 12.2. The minimum Gasteiger partial charge on any atom is -0.376 e. The summed E-state index contributed by atoms with van der Waals surface area (Å²) in [5.74, 6) is 2.64. The van der Waals surface area contributed by atoms with E-state index in [1.807, 2.05) is 6.07 Å². The van der Waals surface area contributed by atoms with Gasteiger partial charge in [-0.2, -0.15) is 0 Å². The van der Waals surface area contributed by atoms with Gasteiger partial charge >= 0.3 is 0 Å². The van der Waals surface area contributed by atoms with Crippen molar-refractivity contribution >= 4 is 23.4 Å². The van der Waals surface area contributed by atoms with Crippen molar-refractivity contribution in [2.24, 2.45) is 5.92 Å². The Labute approximate surface area is 164 Å². The Hall–Kier alpha value is -2.68. The number of carbonyl (C=O) groups excluding carboxylic acids is 1. The normalized spacial score (nSPS) is 19.5. The zero-order valence-electron chi connectivity index (χ0n) is 16.8. The van der Waals surface area contributed by atoms with Gasteiger partial charge in [-0.15, -0.1) is 0 Å². The van der Waals surface area contributed by atoms with Gasteiger partial charge in [0.15, 0.2) is 5.82 Å². The van der Waals surface area contributed by atoms with Crippen LogP contribution in [0.5, 0.6) is 0 Å². The zero-order chi connectivity index (χ0) is 20.1. The third kappa shape index (κ3) is 5.19. The Morgan fingerprint density at radius 3 is 2.86 bits per heavy atom. The van der Waals surface area contributed by atoms with Crippen molar-refractivity contribution in [3.8, 4) is 0 Å². The Kier molecular flexibility index (Phi) is 6.45. The highest BCUT2D eigenvalue weighted by Gasteiger charge is 2.28. The summed E-state index contributed by atoms with van der Waals surface area (Å²) in [4.78, 5) is 22.6. The van der Waals surface area contributed by atoms with Gasteiger partial charge in [0.25, 0.3) is 0 Å². The molecule has 152 valence electrons. The van der Waals surface area contributed by atoms with E-state index in [1.165, 1.54) is 6.33 Å². The zero-order valence-corrected chi connectivity index (χ0v) is 16.8. The highest BCUT2D eigenvalue weighted by atomic mass is 16.5. The number of carbonyl (C=O) groups is 1. The molecule has 0 radical (unpaired) electrons. The van der Waals surface area contributed by atoms with Crippen LogP contribution in [0.15, 0.2) is 23.0 Å². The largest absolute Gasteiger partial charge is 0.376 e. The number of anilines is 3. The lowest BCUT2D eigenvalue weighted by Gasteiger charge is -2.35. The summed E-state index contributed by atoms with van der Waals surface area (Å²) in [6.45, 7) is 7.03. The van der Waals surface area contributed by atoms with Gasteiger partial charge < -0.3 is 24.8 Å². The molecule has 1 aliphatic heterocycles. The van der Waals surface area contributed by atoms with Gasteiger partial charge in [0.05, 0.1) is 18.7 Å². The molecule has 0 spiro atoms. The second kappa shape index (κ2) is 9.01. The first-order valence-electron chi connectivity index (χ1n) is 9.57. The average Bonchev–Trinajstić information content (AvgIpc) is 3.06. The summed E-state index contributed by atoms with van der Waals surface area (Å²) in [5, 5.41) is 9.94. The molecule has 1 aliphatic rings. The van der Waals surface area contributed by atoms with Crippen LogP contribution in [0.1, 0.15) is 32.4 Å². The molecule has 2 aromatic rings. The van der Waals surface area contributed by atoms with Crippen molar-refractivity contribution in [1.29, 1.82) is 0 Å². The summed E-state index contributed by atoms with van der Waals surface area (Å²) < 4.78 is 10.9. The number of aromatic nitrogens is 3. The summed E-state index contributed by atoms with van der Waals surface area (Å²) >= 11 is 0. The second-order valence-corrected chi connectivity index (χ2v) is 7.46. The smallest absolute Gasteiger partial charge is 0.245 e. The van der Waals surface area contributed by atoms with Crippen molar-refractivity contribution in [3.63, 3.8) is 0 Å². The number of nitrogens with one attached hydrogen (secondary N) is 2. The number of ether oxygens (including phenoxy) is 1. The number of rotatable bonds is 7. The van der Waals surface area contributed by atoms with E-state index >= 15 is 0 Å². The summed E-state index contributed by atoms with van der Waals surface area (Å²) in [5.41, 5.74) is 0. The molecule has 0 aliphatic carbocycles. The van der Waals surface area contributed by atoms with Crippen LogP contribution in [-0.4, -0.2) is 53.4 Å². The highest BCUT2D eigenvalue weighted by Crippen LogP contribution is 2.24. The van der Waals surface area contributed by atoms with Gasteiger partial charge in [0, 0.05) is 25.8 Å². The van der Waals surface area contributed by atoms with Crippen molar-refractivity contribution in [1.82, 2.24) is 15.1 Å². The minimum atomic E-state index is -0.204. The Morgan fingerprint density at radius 2 is 2.14 bits per heavy atom. The van der Waals surface area contributed by atoms with Crippen molar-refractivity contribution in [3.05, 3.63) is 24.2 Å². The second-order valence-electron chi connectivity index (χ2n) is 7.46. The quantitative estimate of drug-likeness (QED) is 0.745. The van der Waals surface area contributed by atoms with Gasteiger partial charge in [-0.05, 0) is 25.7 Å². The van der Waals surface area contributed by atoms with Gasteiger partial charge in [-0.3, -0.25) is 4.79 Å². The number of hydrogen-bond donors (Lipinski definition) is 2. The van der Waals surface area contributed by atoms with E-state index in [0.717, 1.165) is 25.3 Å². The Balaban J connectivity index is 1.60. The standard InChI is InChI=1S/C19H28N6O3/c1-12(2)19-14(6-5-7-27-19)22-15-9-17(21-11-20-15)25(4)10-18(26)23-16-8-13(3)28-24-16/h8-9,11-12,14,19H,5-7,10H2,1-4H3,(H,20,21,22)(H,23,24,26)/t14-,19-/m1/s1. The predicted molar refractivity (Wildman–Crippen MR) is 106 cm³/mol. The molecule has 3 rings (SSSR count). The minimum absolute atomic E-state index is 0.128. The molecular formula is C19H28N6O3. The maximum Gasteiger partial charge on any atom is 0.245 e. The highest BCUT2D eigenvalue weighted by molar-refractivity contribution is 5.93. The van der Waals surface area contributed by atoms with Crippen LogP contribution in [0.25, 0.3) is 0 Å². The van der Waals surface area contributed by atoms with Gasteiger partial charge in [0.1, 0.15) is 23.7 Å². The maximum absolute atomic E-state index is 12.2. The lowest BCUT2D eigenvalue weighted by molar-refractivity contribution is -0.115. The number of likely N-dealkylation sites (N-methyl/N-ethyl adjacent to an activating group) is 1. The number of hydrogen-bond acceptors (Lipinski definition) is 8. The first-order valence-corrected chi connectivity index (χ1v) is 9.57. The fourth-order valence-electron chi connectivity index (χ4n) is 3.34. The number of aryl methyl sites for hydroxylation is 1. The molecule has 2 atom stereocenters. The van der Waals surface area contributed by atoms with Crippen molar-refractivity contribution in [2.45, 2.75) is 45.8 Å². The van der Waals surface area contributed by atoms with Crippen molar-refractivity contribution in [2.75, 3.05) is 35.7 Å². The summed E-state index contributed by atoms with van der Waals surface area (Å²) in [6.07, 6.45) is 3.72. The number of amides is 1. The molecule has 28 heavy (non-hydrogen) atoms. The topological polar surface area (TPSA) is 105 Å². The molecule has 0 unspecified atom stereocenters. The van der Waals surface area contributed by atoms with Crippen LogP contribution >= 0.6 is 0 Å². The molecule has 3 heterocycles. The fraction of sp³-hybridized carbons (Fsp3) is 0.579. The first-order chi connectivity index (χ1) is 13.4. The first kappa shape index (κ1) is 20.1. The molecule has 1 saturated heterocycles. The molecule has 0 saturated carbocycles. The summed E-state index contributed by atoms with van der Waals surface area (Å²) in [7, 11) is 1.81. The third-order valence-electron chi connectivity index (χ3n) is 4.68. The molecule has 1 amide bonds. The van der Waals surface area contributed by atoms with Crippen LogP contribution in [0.3, 0.4) is 0 Å². The van der Waals surface area contributed by atoms with Crippen LogP contribution in [0.2, 0.25) is 0 Å². The lowest BCUT2D eigenvalue weighted by atomic mass is 9.94. The molecular weight excluding hydrogens is 360 g/mol. The van der Waals surface area contributed by atoms with Gasteiger partial charge in [0.2, 0.25) is 5.91 Å². The van der Waals surface area contributed by atoms with E-state index in [2.05, 4.69) is 39.6 Å². The predicted octanol–water partition coefficient (Wildman–Crippen LogP) is 2.46. The Bertz CT molecular complexity index is 793. The molecule has 0 aromatic carbocycles. The van der Waals surface area contributed by atoms with Crippen molar-refractivity contribution < 1.29 is 14.1 Å². The van der Waals surface area contributed by atoms with E-state index in [1.54, 1.807) is 24.9 Å². The van der Waals surface area contributed by atoms with Gasteiger partial charge in [-0.25, -0.2) is 9.97 Å². The van der Waals surface area contributed by atoms with E-state index in [0.29, 0.717) is 23.3 Å². The van der Waals surface area contributed by atoms with E-state index in [9.17, 15) is 4.79 Å². The monoisotopic (exact) mass is 388 g/mol. The van der Waals surface area contributed by atoms with E-state index in [4.69, 9.17) is 9.26 Å². The van der Waals surface area contributed by atoms with Gasteiger partial charge in [-0.1, -0.05) is 19.0 Å². The van der Waals surface area contributed by atoms with Crippen LogP contribution in [0, 0.1) is 12.8 Å². The molecule has 9 heteroatoms. The number of nitrogens with zero attached hydrogens (tertiary/aromatic N) is 4. The lowest BCUT2D eigenvalue weighted by Crippen LogP contribution is -2.43. The SMILES string of the molecule is Cc1cc(NC(=O)CN(C)c2cc(N[C@@H]3CCCO[C@@H]3C(C)C)ncn2)no1. The molecule has 1 fully saturated rings. The van der Waals surface area contributed by atoms with E-state index in [-0.39, 0.29) is 24.6 Å². The molecule has 2 aromatic heterocycles. The van der Waals surface area contributed by atoms with E-state index < -0.39 is 0 Å². The summed E-state index contributed by atoms with van der Waals surface area (Å²) in [6, 6.07) is 3.72.